The van der Waals surface area contributed by atoms with Gasteiger partial charge in [0.05, 0.1) is 57.3 Å². The number of nitrogens with one attached hydrogen (secondary N) is 2. The lowest BCUT2D eigenvalue weighted by Gasteiger charge is -2.43. The zero-order chi connectivity index (χ0) is 59.1. The number of H-pyrrole nitrogens is 1. The summed E-state index contributed by atoms with van der Waals surface area (Å²) < 4.78 is 76.4. The maximum absolute atomic E-state index is 16.1. The standard InChI is InChI=1S/C61H70F3N11O7S2/c1-36-26-52(82-69-36)54(60(79)74-33-46(76)28-51(74)59(78)68-37(2)40-6-8-42(9-7-40)57-38(3)67-35-83-57)61(4,5)34-71-24-22-70(23-25-71)31-39-16-19-72(20-17-39)45-12-10-41(11-13-45)43-27-47-48(30-66-58(47)65-29-43)56(77)53-49(63)14-15-50(55(53)64)75(84(80)81)73-21-18-44(62)32-73/h6-15,26-27,29-30,35,37,39,44,46,51,54,76H,16-25,28,31-34H2,1-5H3,(H,65,66)(H,68,78)(H,80,81)/p-1/t37-,44+,46+,51-,54?/m0/s1. The number of aliphatic hydroxyl groups is 1. The van der Waals surface area contributed by atoms with Crippen LogP contribution >= 0.6 is 11.3 Å². The SMILES string of the molecule is Cc1cc(C(C(=O)N2C[C@H](O)C[C@H]2C(=O)N[C@@H](C)c2ccc(-c3scnc3C)cc2)C(C)(C)CN2CCN(CC3CCN(c4ccc(-c5cnc6[nH]cc(C(=O)c7c(F)ccc(N(N8CC[C@@H](F)C8)S(=O)[O-])c7F)c6c5)cc4)CC3)CC2)on1. The van der Waals surface area contributed by atoms with E-state index in [9.17, 15) is 32.6 Å². The molecule has 4 aliphatic rings. The Kier molecular flexibility index (Phi) is 17.3. The topological polar surface area (TPSA) is 211 Å². The number of aliphatic hydroxyl groups excluding tert-OH is 1. The molecule has 11 rings (SSSR count). The molecule has 4 fully saturated rings. The van der Waals surface area contributed by atoms with E-state index < -0.39 is 69.6 Å². The minimum atomic E-state index is -3.08. The van der Waals surface area contributed by atoms with Gasteiger partial charge in [-0.25, -0.2) is 32.6 Å². The lowest BCUT2D eigenvalue weighted by Crippen LogP contribution is -2.54. The summed E-state index contributed by atoms with van der Waals surface area (Å²) in [6.45, 7) is 16.4. The largest absolute Gasteiger partial charge is 0.754 e. The molecule has 4 aromatic heterocycles. The van der Waals surface area contributed by atoms with E-state index in [-0.39, 0.29) is 55.9 Å². The molecule has 444 valence electrons. The summed E-state index contributed by atoms with van der Waals surface area (Å²) in [5.74, 6) is -3.96. The number of fused-ring (bicyclic) bond motifs is 1. The fraction of sp³-hybridized carbons (Fsp3) is 0.443. The number of halogens is 3. The van der Waals surface area contributed by atoms with Crippen LogP contribution in [-0.4, -0.2) is 162 Å². The van der Waals surface area contributed by atoms with Crippen LogP contribution in [-0.2, 0) is 20.9 Å². The molecule has 8 heterocycles. The van der Waals surface area contributed by atoms with E-state index in [0.717, 1.165) is 109 Å². The zero-order valence-corrected chi connectivity index (χ0v) is 49.2. The van der Waals surface area contributed by atoms with E-state index in [4.69, 9.17) is 4.52 Å². The summed E-state index contributed by atoms with van der Waals surface area (Å²) in [5.41, 5.74) is 6.08. The predicted octanol–water partition coefficient (Wildman–Crippen LogP) is 8.51. The third-order valence-electron chi connectivity index (χ3n) is 17.2. The van der Waals surface area contributed by atoms with E-state index in [2.05, 4.69) is 66.1 Å². The number of alkyl halides is 1. The lowest BCUT2D eigenvalue weighted by molar-refractivity contribution is -0.143. The van der Waals surface area contributed by atoms with Gasteiger partial charge in [0, 0.05) is 113 Å². The number of hydrogen-bond donors (Lipinski definition) is 3. The normalized spacial score (nSPS) is 20.6. The predicted molar refractivity (Wildman–Crippen MR) is 314 cm³/mol. The lowest BCUT2D eigenvalue weighted by atomic mass is 9.75. The van der Waals surface area contributed by atoms with Crippen LogP contribution in [0, 0.1) is 36.8 Å². The Balaban J connectivity index is 0.677. The number of rotatable bonds is 18. The number of carbonyl (C=O) groups excluding carboxylic acids is 3. The highest BCUT2D eigenvalue weighted by molar-refractivity contribution is 7.80. The van der Waals surface area contributed by atoms with Crippen LogP contribution in [0.3, 0.4) is 0 Å². The number of anilines is 2. The number of pyridine rings is 1. The fourth-order valence-corrected chi connectivity index (χ4v) is 14.2. The molecule has 3 aromatic carbocycles. The number of piperidine rings is 1. The van der Waals surface area contributed by atoms with Crippen molar-refractivity contribution in [1.29, 1.82) is 0 Å². The molecule has 4 saturated heterocycles. The van der Waals surface area contributed by atoms with Crippen molar-refractivity contribution in [2.75, 3.05) is 81.3 Å². The number of thiazole rings is 1. The first-order valence-electron chi connectivity index (χ1n) is 28.6. The molecule has 23 heteroatoms. The first-order valence-corrected chi connectivity index (χ1v) is 30.5. The van der Waals surface area contributed by atoms with Gasteiger partial charge in [-0.15, -0.1) is 11.3 Å². The number of aryl methyl sites for hydroxylation is 2. The summed E-state index contributed by atoms with van der Waals surface area (Å²) in [7, 11) is 0. The number of hydrogen-bond acceptors (Lipinski definition) is 15. The van der Waals surface area contributed by atoms with Gasteiger partial charge in [-0.3, -0.25) is 18.6 Å². The Hall–Kier alpha value is -6.86. The summed E-state index contributed by atoms with van der Waals surface area (Å²) in [6, 6.07) is 20.2. The van der Waals surface area contributed by atoms with Crippen molar-refractivity contribution >= 4 is 62.6 Å². The number of likely N-dealkylation sites (tertiary alicyclic amines) is 1. The Morgan fingerprint density at radius 1 is 0.917 bits per heavy atom. The Morgan fingerprint density at radius 3 is 2.29 bits per heavy atom. The highest BCUT2D eigenvalue weighted by atomic mass is 32.2. The van der Waals surface area contributed by atoms with Gasteiger partial charge in [0.1, 0.15) is 41.0 Å². The first kappa shape index (κ1) is 58.9. The first-order chi connectivity index (χ1) is 40.3. The van der Waals surface area contributed by atoms with Crippen molar-refractivity contribution in [3.05, 3.63) is 136 Å². The van der Waals surface area contributed by atoms with Crippen molar-refractivity contribution < 1.29 is 45.9 Å². The number of carbonyl (C=O) groups is 3. The Bertz CT molecular complexity index is 3550. The van der Waals surface area contributed by atoms with Gasteiger partial charge < -0.3 is 44.1 Å². The number of aromatic amines is 1. The number of hydrazine groups is 1. The minimum Gasteiger partial charge on any atom is -0.754 e. The number of nitrogens with zero attached hydrogens (tertiary/aromatic N) is 9. The molecule has 3 N–H and O–H groups in total. The molecular formula is C61H69F3N11O7S2-. The van der Waals surface area contributed by atoms with Crippen molar-refractivity contribution in [1.82, 2.24) is 45.1 Å². The van der Waals surface area contributed by atoms with Crippen molar-refractivity contribution in [3.8, 4) is 21.6 Å². The maximum Gasteiger partial charge on any atom is 0.243 e. The van der Waals surface area contributed by atoms with Gasteiger partial charge in [-0.2, -0.15) is 0 Å². The van der Waals surface area contributed by atoms with E-state index in [1.165, 1.54) is 11.1 Å². The monoisotopic (exact) mass is 1190 g/mol. The number of piperazine rings is 1. The van der Waals surface area contributed by atoms with Crippen molar-refractivity contribution in [2.45, 2.75) is 90.6 Å². The molecule has 0 radical (unpaired) electrons. The van der Waals surface area contributed by atoms with Crippen LogP contribution in [0.1, 0.15) is 97.0 Å². The molecule has 2 unspecified atom stereocenters. The summed E-state index contributed by atoms with van der Waals surface area (Å²) >= 11 is -1.50. The average molecular weight is 1190 g/mol. The molecule has 0 spiro atoms. The molecule has 84 heavy (non-hydrogen) atoms. The molecule has 0 saturated carbocycles. The summed E-state index contributed by atoms with van der Waals surface area (Å²) in [5, 5.41) is 19.7. The molecule has 6 atom stereocenters. The number of amides is 2. The molecule has 7 aromatic rings. The second-order valence-corrected chi connectivity index (χ2v) is 25.2. The maximum atomic E-state index is 16.1. The van der Waals surface area contributed by atoms with E-state index in [1.807, 2.05) is 62.7 Å². The van der Waals surface area contributed by atoms with Gasteiger partial charge in [0.25, 0.3) is 0 Å². The van der Waals surface area contributed by atoms with Gasteiger partial charge >= 0.3 is 0 Å². The van der Waals surface area contributed by atoms with Crippen LogP contribution in [0.15, 0.2) is 95.2 Å². The molecule has 0 bridgehead atoms. The van der Waals surface area contributed by atoms with Gasteiger partial charge in [-0.1, -0.05) is 55.4 Å². The smallest absolute Gasteiger partial charge is 0.243 e. The van der Waals surface area contributed by atoms with E-state index in [0.29, 0.717) is 44.9 Å². The Morgan fingerprint density at radius 2 is 1.63 bits per heavy atom. The highest BCUT2D eigenvalue weighted by Crippen LogP contribution is 2.41. The van der Waals surface area contributed by atoms with Crippen LogP contribution < -0.4 is 14.6 Å². The molecule has 4 aliphatic heterocycles. The third-order valence-corrected chi connectivity index (χ3v) is 18.9. The van der Waals surface area contributed by atoms with Gasteiger partial charge in [-0.05, 0) is 98.4 Å². The second kappa shape index (κ2) is 24.6. The van der Waals surface area contributed by atoms with Crippen LogP contribution in [0.4, 0.5) is 24.5 Å². The molecule has 2 amide bonds. The average Bonchev–Trinajstić information content (AvgIpc) is 2.82. The number of β-amino-alcohol motifs (C(OH)–C–C–N with tert-alkyl or cyclic N) is 1. The molecule has 0 aliphatic carbocycles. The summed E-state index contributed by atoms with van der Waals surface area (Å²) in [4.78, 5) is 64.7. The van der Waals surface area contributed by atoms with Crippen molar-refractivity contribution in [3.63, 3.8) is 0 Å². The zero-order valence-electron chi connectivity index (χ0n) is 47.6. The second-order valence-electron chi connectivity index (χ2n) is 23.6. The van der Waals surface area contributed by atoms with E-state index >= 15 is 8.78 Å². The fourth-order valence-electron chi connectivity index (χ4n) is 12.7. The number of ketones is 1. The van der Waals surface area contributed by atoms with Gasteiger partial charge in [0.2, 0.25) is 17.6 Å². The minimum absolute atomic E-state index is 0.0109. The molecular weight excluding hydrogens is 1120 g/mol. The highest BCUT2D eigenvalue weighted by Gasteiger charge is 2.48. The number of benzene rings is 3. The Labute approximate surface area is 492 Å². The number of aromatic nitrogens is 4. The van der Waals surface area contributed by atoms with Crippen LogP contribution in [0.25, 0.3) is 32.6 Å². The quantitative estimate of drug-likeness (QED) is 0.0544. The van der Waals surface area contributed by atoms with Crippen molar-refractivity contribution in [2.24, 2.45) is 11.3 Å². The van der Waals surface area contributed by atoms with Crippen LogP contribution in [0.5, 0.6) is 0 Å². The van der Waals surface area contributed by atoms with E-state index in [1.54, 1.807) is 29.7 Å². The molecule has 18 nitrogen and oxygen atoms in total. The van der Waals surface area contributed by atoms with Gasteiger partial charge in [0.15, 0.2) is 5.82 Å². The summed E-state index contributed by atoms with van der Waals surface area (Å²) in [6.07, 6.45) is 3.01. The third kappa shape index (κ3) is 12.3. The van der Waals surface area contributed by atoms with Crippen LogP contribution in [0.2, 0.25) is 0 Å².